The van der Waals surface area contributed by atoms with Crippen molar-refractivity contribution in [2.24, 2.45) is 0 Å². The highest BCUT2D eigenvalue weighted by Crippen LogP contribution is 2.37. The van der Waals surface area contributed by atoms with Crippen LogP contribution in [0.3, 0.4) is 0 Å². The van der Waals surface area contributed by atoms with Crippen LogP contribution < -0.4 is 0 Å². The minimum Gasteiger partial charge on any atom is -0.465 e. The van der Waals surface area contributed by atoms with Gasteiger partial charge in [0.1, 0.15) is 5.76 Å². The molecule has 2 N–H and O–H groups in total. The Bertz CT molecular complexity index is 623. The number of amides is 2. The van der Waals surface area contributed by atoms with Gasteiger partial charge in [-0.05, 0) is 31.8 Å². The predicted molar refractivity (Wildman–Crippen MR) is 77.8 cm³/mol. The molecule has 1 atom stereocenters. The van der Waals surface area contributed by atoms with Gasteiger partial charge in [0.2, 0.25) is 0 Å². The molecule has 0 radical (unpaired) electrons. The molecule has 8 heteroatoms. The van der Waals surface area contributed by atoms with Crippen LogP contribution in [0.5, 0.6) is 0 Å². The van der Waals surface area contributed by atoms with Crippen molar-refractivity contribution in [3.63, 3.8) is 0 Å². The first-order valence-electron chi connectivity index (χ1n) is 7.61. The molecule has 1 saturated heterocycles. The fraction of sp³-hybridized carbons (Fsp3) is 0.533. The van der Waals surface area contributed by atoms with Crippen LogP contribution in [0, 0.1) is 0 Å². The quantitative estimate of drug-likeness (QED) is 0.711. The highest BCUT2D eigenvalue weighted by molar-refractivity contribution is 5.94. The zero-order chi connectivity index (χ0) is 16.6. The van der Waals surface area contributed by atoms with Gasteiger partial charge in [-0.25, -0.2) is 14.4 Å². The van der Waals surface area contributed by atoms with Gasteiger partial charge in [-0.2, -0.15) is 0 Å². The van der Waals surface area contributed by atoms with Crippen LogP contribution in [-0.2, 0) is 9.53 Å². The van der Waals surface area contributed by atoms with E-state index in [2.05, 4.69) is 0 Å². The van der Waals surface area contributed by atoms with E-state index < -0.39 is 18.2 Å². The summed E-state index contributed by atoms with van der Waals surface area (Å²) >= 11 is 0. The first kappa shape index (κ1) is 15.4. The lowest BCUT2D eigenvalue weighted by atomic mass is 9.91. The number of hydrogen-bond donors (Lipinski definition) is 2. The first-order valence-corrected chi connectivity index (χ1v) is 7.61. The number of carbonyl (C=O) groups excluding carboxylic acids is 1. The van der Waals surface area contributed by atoms with Crippen LogP contribution in [0.1, 0.15) is 25.7 Å². The zero-order valence-electron chi connectivity index (χ0n) is 12.5. The number of carboxylic acid groups (broad SMARTS) is 2. The Hall–Kier alpha value is -2.51. The van der Waals surface area contributed by atoms with Crippen LogP contribution in [0.25, 0.3) is 0 Å². The third-order valence-electron chi connectivity index (χ3n) is 4.49. The van der Waals surface area contributed by atoms with Crippen LogP contribution in [0.4, 0.5) is 9.59 Å². The summed E-state index contributed by atoms with van der Waals surface area (Å²) in [6.45, 7) is 0.260. The SMILES string of the molecule is O=C1OC(=CC2CN(C(=O)O)CCN2C(=O)O)C2=C1CCCC2. The van der Waals surface area contributed by atoms with E-state index in [1.807, 2.05) is 0 Å². The summed E-state index contributed by atoms with van der Waals surface area (Å²) in [6, 6.07) is -0.658. The Morgan fingerprint density at radius 2 is 1.78 bits per heavy atom. The molecule has 1 fully saturated rings. The van der Waals surface area contributed by atoms with E-state index in [0.717, 1.165) is 24.8 Å². The molecule has 2 heterocycles. The first-order chi connectivity index (χ1) is 11.0. The van der Waals surface area contributed by atoms with Crippen molar-refractivity contribution in [1.82, 2.24) is 9.80 Å². The van der Waals surface area contributed by atoms with E-state index in [1.165, 1.54) is 9.80 Å². The molecule has 0 bridgehead atoms. The lowest BCUT2D eigenvalue weighted by molar-refractivity contribution is -0.133. The summed E-state index contributed by atoms with van der Waals surface area (Å²) in [7, 11) is 0. The molecule has 1 aliphatic carbocycles. The summed E-state index contributed by atoms with van der Waals surface area (Å²) < 4.78 is 5.30. The maximum atomic E-state index is 11.9. The molecule has 1 unspecified atom stereocenters. The molecule has 3 rings (SSSR count). The highest BCUT2D eigenvalue weighted by atomic mass is 16.5. The van der Waals surface area contributed by atoms with Gasteiger partial charge in [0.25, 0.3) is 0 Å². The second kappa shape index (κ2) is 5.94. The zero-order valence-corrected chi connectivity index (χ0v) is 12.5. The van der Waals surface area contributed by atoms with E-state index in [-0.39, 0.29) is 25.6 Å². The lowest BCUT2D eigenvalue weighted by Crippen LogP contribution is -2.55. The van der Waals surface area contributed by atoms with Crippen molar-refractivity contribution >= 4 is 18.2 Å². The molecule has 0 aromatic rings. The Kier molecular flexibility index (Phi) is 3.97. The minimum absolute atomic E-state index is 0.0330. The average Bonchev–Trinajstić information content (AvgIpc) is 2.84. The van der Waals surface area contributed by atoms with Gasteiger partial charge in [-0.1, -0.05) is 0 Å². The van der Waals surface area contributed by atoms with Crippen molar-refractivity contribution < 1.29 is 29.3 Å². The Balaban J connectivity index is 1.88. The lowest BCUT2D eigenvalue weighted by Gasteiger charge is -2.37. The Morgan fingerprint density at radius 1 is 1.09 bits per heavy atom. The van der Waals surface area contributed by atoms with Crippen LogP contribution in [0.2, 0.25) is 0 Å². The number of rotatable bonds is 1. The Morgan fingerprint density at radius 3 is 2.43 bits per heavy atom. The van der Waals surface area contributed by atoms with Crippen molar-refractivity contribution in [2.45, 2.75) is 31.7 Å². The molecule has 8 nitrogen and oxygen atoms in total. The van der Waals surface area contributed by atoms with Gasteiger partial charge in [-0.3, -0.25) is 4.90 Å². The maximum Gasteiger partial charge on any atom is 0.407 e. The average molecular weight is 322 g/mol. The number of carbonyl (C=O) groups is 3. The van der Waals surface area contributed by atoms with Crippen LogP contribution in [-0.4, -0.2) is 63.8 Å². The van der Waals surface area contributed by atoms with E-state index in [9.17, 15) is 19.5 Å². The monoisotopic (exact) mass is 322 g/mol. The van der Waals surface area contributed by atoms with Gasteiger partial charge in [0, 0.05) is 30.8 Å². The molecule has 0 aromatic carbocycles. The van der Waals surface area contributed by atoms with Gasteiger partial charge in [-0.15, -0.1) is 0 Å². The van der Waals surface area contributed by atoms with E-state index >= 15 is 0 Å². The number of hydrogen-bond acceptors (Lipinski definition) is 4. The van der Waals surface area contributed by atoms with Crippen LogP contribution in [0.15, 0.2) is 23.0 Å². The number of piperazine rings is 1. The highest BCUT2D eigenvalue weighted by Gasteiger charge is 2.35. The fourth-order valence-corrected chi connectivity index (χ4v) is 3.30. The molecule has 124 valence electrons. The normalized spacial score (nSPS) is 26.3. The van der Waals surface area contributed by atoms with Crippen molar-refractivity contribution in [2.75, 3.05) is 19.6 Å². The fourth-order valence-electron chi connectivity index (χ4n) is 3.30. The minimum atomic E-state index is -1.11. The van der Waals surface area contributed by atoms with Crippen LogP contribution >= 0.6 is 0 Å². The second-order valence-electron chi connectivity index (χ2n) is 5.86. The Labute approximate surface area is 132 Å². The van der Waals surface area contributed by atoms with Gasteiger partial charge < -0.3 is 19.8 Å². The van der Waals surface area contributed by atoms with E-state index in [0.29, 0.717) is 17.8 Å². The number of esters is 1. The number of allylic oxidation sites excluding steroid dienone is 1. The molecule has 3 aliphatic rings. The third kappa shape index (κ3) is 2.88. The number of cyclic esters (lactones) is 1. The standard InChI is InChI=1S/C15H18N2O6/c18-13-11-4-2-1-3-10(11)12(23-13)7-9-8-16(14(19)20)5-6-17(9)15(21)22/h7,9H,1-6,8H2,(H,19,20)(H,21,22). The number of nitrogens with zero attached hydrogens (tertiary/aromatic N) is 2. The summed E-state index contributed by atoms with van der Waals surface area (Å²) in [5.74, 6) is 0.0342. The topological polar surface area (TPSA) is 107 Å². The predicted octanol–water partition coefficient (Wildman–Crippen LogP) is 1.64. The summed E-state index contributed by atoms with van der Waals surface area (Å²) in [5.41, 5.74) is 1.52. The van der Waals surface area contributed by atoms with Gasteiger partial charge >= 0.3 is 18.2 Å². The summed E-state index contributed by atoms with van der Waals surface area (Å²) in [5, 5.41) is 18.4. The number of ether oxygens (including phenoxy) is 1. The molecule has 2 amide bonds. The maximum absolute atomic E-state index is 11.9. The molecule has 23 heavy (non-hydrogen) atoms. The molecular weight excluding hydrogens is 304 g/mol. The second-order valence-corrected chi connectivity index (χ2v) is 5.86. The molecule has 0 spiro atoms. The molecule has 0 aromatic heterocycles. The third-order valence-corrected chi connectivity index (χ3v) is 4.49. The van der Waals surface area contributed by atoms with Gasteiger partial charge in [0.15, 0.2) is 0 Å². The smallest absolute Gasteiger partial charge is 0.407 e. The van der Waals surface area contributed by atoms with Crippen molar-refractivity contribution in [3.05, 3.63) is 23.0 Å². The van der Waals surface area contributed by atoms with E-state index in [1.54, 1.807) is 6.08 Å². The molecule has 2 aliphatic heterocycles. The van der Waals surface area contributed by atoms with Gasteiger partial charge in [0.05, 0.1) is 6.04 Å². The largest absolute Gasteiger partial charge is 0.465 e. The summed E-state index contributed by atoms with van der Waals surface area (Å²) in [6.07, 6.45) is 2.70. The molecule has 0 saturated carbocycles. The van der Waals surface area contributed by atoms with Crippen molar-refractivity contribution in [1.29, 1.82) is 0 Å². The summed E-state index contributed by atoms with van der Waals surface area (Å²) in [4.78, 5) is 36.8. The molecular formula is C15H18N2O6. The van der Waals surface area contributed by atoms with Crippen molar-refractivity contribution in [3.8, 4) is 0 Å². The van der Waals surface area contributed by atoms with E-state index in [4.69, 9.17) is 9.84 Å².